The predicted octanol–water partition coefficient (Wildman–Crippen LogP) is 1.75. The van der Waals surface area contributed by atoms with Gasteiger partial charge in [0, 0.05) is 25.2 Å². The predicted molar refractivity (Wildman–Crippen MR) is 128 cm³/mol. The van der Waals surface area contributed by atoms with Crippen LogP contribution in [0, 0.1) is 0 Å². The third kappa shape index (κ3) is 4.03. The van der Waals surface area contributed by atoms with Crippen LogP contribution >= 0.6 is 0 Å². The van der Waals surface area contributed by atoms with Crippen molar-refractivity contribution in [2.75, 3.05) is 25.0 Å². The highest BCUT2D eigenvalue weighted by Gasteiger charge is 2.41. The maximum Gasteiger partial charge on any atom is 0.277 e. The first-order chi connectivity index (χ1) is 16.7. The van der Waals surface area contributed by atoms with Gasteiger partial charge in [0.25, 0.3) is 5.56 Å². The summed E-state index contributed by atoms with van der Waals surface area (Å²) >= 11 is 0. The Bertz CT molecular complexity index is 1470. The number of nitrogens with zero attached hydrogens (tertiary/aromatic N) is 6. The number of hydrogen-bond acceptors (Lipinski definition) is 7. The Labute approximate surface area is 199 Å². The normalized spacial score (nSPS) is 21.5. The number of halogens is 1. The molecule has 2 unspecified atom stereocenters. The molecule has 11 nitrogen and oxygen atoms in total. The molecule has 0 spiro atoms. The zero-order valence-electron chi connectivity index (χ0n) is 19.7. The molecular formula is C23H27FN8O3. The van der Waals surface area contributed by atoms with E-state index >= 15 is 4.39 Å². The van der Waals surface area contributed by atoms with Gasteiger partial charge in [-0.05, 0) is 44.0 Å². The molecule has 1 aliphatic rings. The molecule has 1 aliphatic heterocycles. The van der Waals surface area contributed by atoms with Crippen molar-refractivity contribution >= 4 is 28.4 Å². The van der Waals surface area contributed by atoms with Crippen LogP contribution in [-0.4, -0.2) is 76.9 Å². The van der Waals surface area contributed by atoms with Gasteiger partial charge in [-0.2, -0.15) is 0 Å². The summed E-state index contributed by atoms with van der Waals surface area (Å²) in [4.78, 5) is 28.9. The first-order valence-corrected chi connectivity index (χ1v) is 11.5. The van der Waals surface area contributed by atoms with E-state index in [9.17, 15) is 14.7 Å². The average molecular weight is 483 g/mol. The molecule has 12 heteroatoms. The third-order valence-electron chi connectivity index (χ3n) is 6.66. The molecule has 0 radical (unpaired) electrons. The van der Waals surface area contributed by atoms with E-state index in [0.29, 0.717) is 29.6 Å². The Morgan fingerprint density at radius 1 is 1.40 bits per heavy atom. The van der Waals surface area contributed by atoms with Gasteiger partial charge in [-0.1, -0.05) is 11.3 Å². The van der Waals surface area contributed by atoms with E-state index in [-0.39, 0.29) is 36.6 Å². The van der Waals surface area contributed by atoms with Crippen LogP contribution < -0.4 is 10.9 Å². The van der Waals surface area contributed by atoms with E-state index in [1.165, 1.54) is 23.3 Å². The number of piperidine rings is 1. The summed E-state index contributed by atoms with van der Waals surface area (Å²) in [5.74, 6) is -0.00714. The van der Waals surface area contributed by atoms with E-state index in [2.05, 4.69) is 25.7 Å². The van der Waals surface area contributed by atoms with Gasteiger partial charge in [-0.3, -0.25) is 14.6 Å². The largest absolute Gasteiger partial charge is 0.394 e. The Morgan fingerprint density at radius 3 is 2.91 bits per heavy atom. The van der Waals surface area contributed by atoms with Crippen molar-refractivity contribution in [1.82, 2.24) is 34.5 Å². The number of aromatic nitrogens is 6. The minimum Gasteiger partial charge on any atom is -0.394 e. The van der Waals surface area contributed by atoms with Crippen LogP contribution in [0.15, 0.2) is 35.3 Å². The maximum absolute atomic E-state index is 15.3. The molecule has 4 heterocycles. The first kappa shape index (κ1) is 23.0. The summed E-state index contributed by atoms with van der Waals surface area (Å²) in [6, 6.07) is 6.47. The van der Waals surface area contributed by atoms with Crippen molar-refractivity contribution in [2.24, 2.45) is 0 Å². The summed E-state index contributed by atoms with van der Waals surface area (Å²) < 4.78 is 18.4. The van der Waals surface area contributed by atoms with Crippen LogP contribution in [0.5, 0.6) is 0 Å². The van der Waals surface area contributed by atoms with Gasteiger partial charge in [0.2, 0.25) is 11.9 Å². The summed E-state index contributed by atoms with van der Waals surface area (Å²) in [5, 5.41) is 25.2. The van der Waals surface area contributed by atoms with E-state index in [1.54, 1.807) is 16.9 Å². The minimum absolute atomic E-state index is 0.0248. The monoisotopic (exact) mass is 482 g/mol. The highest BCUT2D eigenvalue weighted by molar-refractivity contribution is 5.87. The fourth-order valence-corrected chi connectivity index (χ4v) is 4.64. The van der Waals surface area contributed by atoms with Crippen LogP contribution in [0.2, 0.25) is 0 Å². The average Bonchev–Trinajstić information content (AvgIpc) is 3.43. The lowest BCUT2D eigenvalue weighted by molar-refractivity contribution is -0.132. The number of carbonyl (C=O) groups is 1. The van der Waals surface area contributed by atoms with E-state index in [0.717, 1.165) is 11.1 Å². The fraction of sp³-hybridized carbons (Fsp3) is 0.435. The van der Waals surface area contributed by atoms with Crippen molar-refractivity contribution < 1.29 is 14.3 Å². The number of carbonyl (C=O) groups excluding carboxylic acids is 1. The molecule has 35 heavy (non-hydrogen) atoms. The molecule has 3 N–H and O–H groups in total. The lowest BCUT2D eigenvalue weighted by Crippen LogP contribution is -2.56. The highest BCUT2D eigenvalue weighted by Crippen LogP contribution is 2.29. The molecule has 184 valence electrons. The molecule has 1 saturated heterocycles. The number of amides is 1. The second-order valence-corrected chi connectivity index (χ2v) is 9.30. The summed E-state index contributed by atoms with van der Waals surface area (Å²) in [6.45, 7) is 5.03. The number of nitrogens with one attached hydrogen (secondary N) is 2. The quantitative estimate of drug-likeness (QED) is 0.395. The van der Waals surface area contributed by atoms with Crippen molar-refractivity contribution in [3.8, 4) is 11.1 Å². The number of anilines is 1. The van der Waals surface area contributed by atoms with Gasteiger partial charge in [0.1, 0.15) is 16.7 Å². The fourth-order valence-electron chi connectivity index (χ4n) is 4.64. The van der Waals surface area contributed by atoms with Gasteiger partial charge in [0.15, 0.2) is 0 Å². The molecule has 5 rings (SSSR count). The smallest absolute Gasteiger partial charge is 0.277 e. The topological polar surface area (TPSA) is 133 Å². The molecule has 0 saturated carbocycles. The van der Waals surface area contributed by atoms with Crippen LogP contribution in [-0.2, 0) is 4.79 Å². The number of H-pyrrole nitrogens is 1. The SMILES string of the molecule is CC(=O)N1CCC(Nc2nn3ccc(-c4ccc5nnn([C@H](C)CO)c5c4)c3c(=O)[nH]2)C(C)(F)C1. The molecule has 3 atom stereocenters. The van der Waals surface area contributed by atoms with Crippen LogP contribution in [0.4, 0.5) is 10.3 Å². The van der Waals surface area contributed by atoms with Crippen molar-refractivity contribution in [3.05, 3.63) is 40.8 Å². The third-order valence-corrected chi connectivity index (χ3v) is 6.66. The molecule has 4 aromatic rings. The zero-order valence-corrected chi connectivity index (χ0v) is 19.7. The number of fused-ring (bicyclic) bond motifs is 2. The number of benzene rings is 1. The zero-order chi connectivity index (χ0) is 24.9. The Kier molecular flexibility index (Phi) is 5.55. The molecule has 0 bridgehead atoms. The van der Waals surface area contributed by atoms with Crippen molar-refractivity contribution in [2.45, 2.75) is 44.9 Å². The number of aromatic amines is 1. The molecule has 1 aromatic carbocycles. The Balaban J connectivity index is 1.47. The van der Waals surface area contributed by atoms with Crippen molar-refractivity contribution in [3.63, 3.8) is 0 Å². The standard InChI is InChI=1S/C23H27FN8O3/c1-13(11-33)32-18-10-15(4-5-17(18)27-29-32)16-6-9-31-20(16)21(35)26-22(28-31)25-19-7-8-30(14(2)34)12-23(19,3)24/h4-6,9-10,13,19,33H,7-8,11-12H2,1-3H3,(H2,25,26,28,35)/t13-,19?,23?/m1/s1. The van der Waals surface area contributed by atoms with E-state index < -0.39 is 11.7 Å². The van der Waals surface area contributed by atoms with Gasteiger partial charge in [0.05, 0.1) is 30.8 Å². The summed E-state index contributed by atoms with van der Waals surface area (Å²) in [7, 11) is 0. The first-order valence-electron chi connectivity index (χ1n) is 11.5. The number of alkyl halides is 1. The van der Waals surface area contributed by atoms with Gasteiger partial charge in [-0.25, -0.2) is 13.6 Å². The molecule has 0 aliphatic carbocycles. The summed E-state index contributed by atoms with van der Waals surface area (Å²) in [6.07, 6.45) is 2.06. The van der Waals surface area contributed by atoms with Crippen LogP contribution in [0.25, 0.3) is 27.7 Å². The molecule has 1 amide bonds. The van der Waals surface area contributed by atoms with Gasteiger partial charge in [-0.15, -0.1) is 10.2 Å². The highest BCUT2D eigenvalue weighted by atomic mass is 19.1. The number of aliphatic hydroxyl groups excluding tert-OH is 1. The minimum atomic E-state index is -1.68. The lowest BCUT2D eigenvalue weighted by Gasteiger charge is -2.41. The molecular weight excluding hydrogens is 455 g/mol. The van der Waals surface area contributed by atoms with E-state index in [4.69, 9.17) is 0 Å². The maximum atomic E-state index is 15.3. The second-order valence-electron chi connectivity index (χ2n) is 9.30. The van der Waals surface area contributed by atoms with Gasteiger partial charge < -0.3 is 15.3 Å². The van der Waals surface area contributed by atoms with Crippen LogP contribution in [0.1, 0.15) is 33.2 Å². The molecule has 3 aromatic heterocycles. The summed E-state index contributed by atoms with van der Waals surface area (Å²) in [5.41, 5.74) is 1.15. The second kappa shape index (κ2) is 8.45. The number of aliphatic hydroxyl groups is 1. The number of hydrogen-bond donors (Lipinski definition) is 3. The van der Waals surface area contributed by atoms with Crippen molar-refractivity contribution in [1.29, 1.82) is 0 Å². The lowest BCUT2D eigenvalue weighted by atomic mass is 9.91. The van der Waals surface area contributed by atoms with E-state index in [1.807, 2.05) is 25.1 Å². The number of rotatable bonds is 5. The number of likely N-dealkylation sites (tertiary alicyclic amines) is 1. The Morgan fingerprint density at radius 2 is 2.20 bits per heavy atom. The molecule has 1 fully saturated rings. The Hall–Kier alpha value is -3.80. The van der Waals surface area contributed by atoms with Gasteiger partial charge >= 0.3 is 0 Å². The van der Waals surface area contributed by atoms with Crippen LogP contribution in [0.3, 0.4) is 0 Å².